The molecule has 0 unspecified atom stereocenters. The molecule has 0 bridgehead atoms. The van der Waals surface area contributed by atoms with Gasteiger partial charge < -0.3 is 14.8 Å². The van der Waals surface area contributed by atoms with E-state index >= 15 is 0 Å². The van der Waals surface area contributed by atoms with Crippen molar-refractivity contribution >= 4 is 22.9 Å². The smallest absolute Gasteiger partial charge is 0.387 e. The number of ether oxygens (including phenoxy) is 2. The number of amides is 1. The largest absolute Gasteiger partial charge is 0.493 e. The second-order valence-corrected chi connectivity index (χ2v) is 5.77. The number of carbonyl (C=O) groups is 1. The van der Waals surface area contributed by atoms with E-state index in [4.69, 9.17) is 4.74 Å². The number of nitro benzene ring substituents is 1. The minimum Gasteiger partial charge on any atom is -0.493 e. The molecule has 0 aliphatic carbocycles. The third-order valence-corrected chi connectivity index (χ3v) is 4.11. The Hall–Kier alpha value is -2.75. The van der Waals surface area contributed by atoms with Crippen LogP contribution in [0.3, 0.4) is 0 Å². The SMILES string of the molecule is COc1cc(C(=O)NCCc2cccs2)c([N+](=O)[O-])cc1OC(F)F. The number of hydrogen-bond donors (Lipinski definition) is 1. The van der Waals surface area contributed by atoms with Crippen LogP contribution < -0.4 is 14.8 Å². The highest BCUT2D eigenvalue weighted by Gasteiger charge is 2.25. The highest BCUT2D eigenvalue weighted by atomic mass is 32.1. The Morgan fingerprint density at radius 3 is 2.72 bits per heavy atom. The molecule has 0 radical (unpaired) electrons. The molecule has 0 fully saturated rings. The van der Waals surface area contributed by atoms with Crippen molar-refractivity contribution in [2.45, 2.75) is 13.0 Å². The molecule has 0 aliphatic heterocycles. The van der Waals surface area contributed by atoms with Crippen LogP contribution in [0, 0.1) is 10.1 Å². The van der Waals surface area contributed by atoms with Crippen LogP contribution in [0.4, 0.5) is 14.5 Å². The second kappa shape index (κ2) is 8.38. The molecule has 134 valence electrons. The summed E-state index contributed by atoms with van der Waals surface area (Å²) >= 11 is 1.53. The number of alkyl halides is 2. The number of benzene rings is 1. The summed E-state index contributed by atoms with van der Waals surface area (Å²) in [5.74, 6) is -1.42. The molecule has 1 heterocycles. The molecule has 25 heavy (non-hydrogen) atoms. The Balaban J connectivity index is 2.21. The maximum Gasteiger partial charge on any atom is 0.387 e. The van der Waals surface area contributed by atoms with E-state index in [0.717, 1.165) is 17.0 Å². The number of hydrogen-bond acceptors (Lipinski definition) is 6. The molecule has 1 amide bonds. The lowest BCUT2D eigenvalue weighted by Gasteiger charge is -2.12. The Labute approximate surface area is 145 Å². The van der Waals surface area contributed by atoms with Gasteiger partial charge in [-0.2, -0.15) is 8.78 Å². The molecule has 2 rings (SSSR count). The molecular formula is C15H14F2N2O5S. The van der Waals surface area contributed by atoms with Gasteiger partial charge in [0.2, 0.25) is 0 Å². The first-order chi connectivity index (χ1) is 11.9. The van der Waals surface area contributed by atoms with Crippen LogP contribution in [0.2, 0.25) is 0 Å². The van der Waals surface area contributed by atoms with Crippen molar-refractivity contribution in [1.29, 1.82) is 0 Å². The zero-order valence-electron chi connectivity index (χ0n) is 13.0. The number of nitro groups is 1. The fourth-order valence-corrected chi connectivity index (χ4v) is 2.79. The lowest BCUT2D eigenvalue weighted by Crippen LogP contribution is -2.26. The van der Waals surface area contributed by atoms with E-state index in [1.54, 1.807) is 0 Å². The predicted molar refractivity (Wildman–Crippen MR) is 86.6 cm³/mol. The van der Waals surface area contributed by atoms with Crippen LogP contribution in [0.25, 0.3) is 0 Å². The monoisotopic (exact) mass is 372 g/mol. The van der Waals surface area contributed by atoms with Gasteiger partial charge in [0.25, 0.3) is 11.6 Å². The van der Waals surface area contributed by atoms with Gasteiger partial charge in [-0.25, -0.2) is 0 Å². The third-order valence-electron chi connectivity index (χ3n) is 3.18. The van der Waals surface area contributed by atoms with Crippen molar-refractivity contribution < 1.29 is 28.0 Å². The van der Waals surface area contributed by atoms with Gasteiger partial charge >= 0.3 is 6.61 Å². The summed E-state index contributed by atoms with van der Waals surface area (Å²) in [7, 11) is 1.18. The van der Waals surface area contributed by atoms with Crippen molar-refractivity contribution in [1.82, 2.24) is 5.32 Å². The molecule has 1 aromatic heterocycles. The maximum atomic E-state index is 12.4. The summed E-state index contributed by atoms with van der Waals surface area (Å²) in [4.78, 5) is 23.6. The molecule has 7 nitrogen and oxygen atoms in total. The zero-order valence-corrected chi connectivity index (χ0v) is 13.8. The first kappa shape index (κ1) is 18.6. The number of carbonyl (C=O) groups excluding carboxylic acids is 1. The summed E-state index contributed by atoms with van der Waals surface area (Å²) < 4.78 is 33.9. The number of halogens is 2. The number of thiophene rings is 1. The summed E-state index contributed by atoms with van der Waals surface area (Å²) in [5, 5.41) is 15.6. The third kappa shape index (κ3) is 4.86. The van der Waals surface area contributed by atoms with E-state index in [1.807, 2.05) is 17.5 Å². The van der Waals surface area contributed by atoms with E-state index in [1.165, 1.54) is 18.4 Å². The summed E-state index contributed by atoms with van der Waals surface area (Å²) in [6.45, 7) is -2.91. The predicted octanol–water partition coefficient (Wildman–Crippen LogP) is 3.24. The summed E-state index contributed by atoms with van der Waals surface area (Å²) in [5.41, 5.74) is -0.945. The summed E-state index contributed by atoms with van der Waals surface area (Å²) in [6, 6.07) is 5.54. The first-order valence-corrected chi connectivity index (χ1v) is 7.92. The first-order valence-electron chi connectivity index (χ1n) is 7.04. The fourth-order valence-electron chi connectivity index (χ4n) is 2.08. The molecular weight excluding hydrogens is 358 g/mol. The molecule has 1 aromatic carbocycles. The zero-order chi connectivity index (χ0) is 18.4. The molecule has 0 spiro atoms. The minimum atomic E-state index is -3.18. The van der Waals surface area contributed by atoms with Gasteiger partial charge in [-0.1, -0.05) is 6.07 Å². The highest BCUT2D eigenvalue weighted by molar-refractivity contribution is 7.09. The van der Waals surface area contributed by atoms with E-state index in [2.05, 4.69) is 10.1 Å². The number of nitrogens with zero attached hydrogens (tertiary/aromatic N) is 1. The number of rotatable bonds is 8. The van der Waals surface area contributed by atoms with Crippen molar-refractivity contribution in [3.63, 3.8) is 0 Å². The number of methoxy groups -OCH3 is 1. The van der Waals surface area contributed by atoms with E-state index in [-0.39, 0.29) is 17.9 Å². The Kier molecular flexibility index (Phi) is 6.23. The van der Waals surface area contributed by atoms with Gasteiger partial charge in [0, 0.05) is 17.5 Å². The number of nitrogens with one attached hydrogen (secondary N) is 1. The Bertz CT molecular complexity index is 753. The molecule has 0 atom stereocenters. The van der Waals surface area contributed by atoms with Crippen molar-refractivity contribution in [3.05, 3.63) is 50.2 Å². The lowest BCUT2D eigenvalue weighted by atomic mass is 10.1. The minimum absolute atomic E-state index is 0.200. The van der Waals surface area contributed by atoms with Gasteiger partial charge in [-0.15, -0.1) is 11.3 Å². The lowest BCUT2D eigenvalue weighted by molar-refractivity contribution is -0.385. The van der Waals surface area contributed by atoms with Crippen molar-refractivity contribution in [2.75, 3.05) is 13.7 Å². The van der Waals surface area contributed by atoms with Gasteiger partial charge in [-0.05, 0) is 17.9 Å². The standard InChI is InChI=1S/C15H14F2N2O5S/c1-23-12-7-10(11(19(21)22)8-13(12)24-15(16)17)14(20)18-5-4-9-3-2-6-25-9/h2-3,6-8,15H,4-5H2,1H3,(H,18,20). The Morgan fingerprint density at radius 1 is 1.40 bits per heavy atom. The van der Waals surface area contributed by atoms with Crippen LogP contribution in [0.5, 0.6) is 11.5 Å². The van der Waals surface area contributed by atoms with Crippen molar-refractivity contribution in [3.8, 4) is 11.5 Å². The van der Waals surface area contributed by atoms with E-state index < -0.39 is 28.9 Å². The molecule has 0 saturated carbocycles. The quantitative estimate of drug-likeness (QED) is 0.567. The van der Waals surface area contributed by atoms with Crippen LogP contribution in [-0.2, 0) is 6.42 Å². The molecule has 1 N–H and O–H groups in total. The van der Waals surface area contributed by atoms with Gasteiger partial charge in [0.05, 0.1) is 18.1 Å². The van der Waals surface area contributed by atoms with Crippen LogP contribution in [-0.4, -0.2) is 31.1 Å². The highest BCUT2D eigenvalue weighted by Crippen LogP contribution is 2.35. The molecule has 2 aromatic rings. The van der Waals surface area contributed by atoms with E-state index in [0.29, 0.717) is 6.42 Å². The second-order valence-electron chi connectivity index (χ2n) is 4.74. The van der Waals surface area contributed by atoms with Gasteiger partial charge in [0.1, 0.15) is 5.56 Å². The molecule has 10 heteroatoms. The topological polar surface area (TPSA) is 90.7 Å². The molecule has 0 saturated heterocycles. The van der Waals surface area contributed by atoms with Gasteiger partial charge in [0.15, 0.2) is 11.5 Å². The van der Waals surface area contributed by atoms with Crippen LogP contribution in [0.1, 0.15) is 15.2 Å². The fraction of sp³-hybridized carbons (Fsp3) is 0.267. The average Bonchev–Trinajstić information content (AvgIpc) is 3.07. The van der Waals surface area contributed by atoms with Crippen molar-refractivity contribution in [2.24, 2.45) is 0 Å². The van der Waals surface area contributed by atoms with E-state index in [9.17, 15) is 23.7 Å². The van der Waals surface area contributed by atoms with Gasteiger partial charge in [-0.3, -0.25) is 14.9 Å². The normalized spacial score (nSPS) is 10.6. The summed E-state index contributed by atoms with van der Waals surface area (Å²) in [6.07, 6.45) is 0.570. The molecule has 0 aliphatic rings. The van der Waals surface area contributed by atoms with Crippen LogP contribution >= 0.6 is 11.3 Å². The van der Waals surface area contributed by atoms with Crippen LogP contribution in [0.15, 0.2) is 29.6 Å². The Morgan fingerprint density at radius 2 is 2.16 bits per heavy atom. The maximum absolute atomic E-state index is 12.4. The average molecular weight is 372 g/mol.